The lowest BCUT2D eigenvalue weighted by Gasteiger charge is -2.27. The number of morpholine rings is 1. The van der Waals surface area contributed by atoms with Crippen LogP contribution in [-0.2, 0) is 17.8 Å². The van der Waals surface area contributed by atoms with Crippen LogP contribution in [0, 0.1) is 24.0 Å². The fraction of sp³-hybridized carbons (Fsp3) is 0.348. The predicted octanol–water partition coefficient (Wildman–Crippen LogP) is 2.62. The van der Waals surface area contributed by atoms with Crippen LogP contribution < -0.4 is 10.2 Å². The minimum absolute atomic E-state index is 0.0402. The van der Waals surface area contributed by atoms with Gasteiger partial charge in [0.25, 0.3) is 5.91 Å². The van der Waals surface area contributed by atoms with Gasteiger partial charge in [-0.25, -0.2) is 4.98 Å². The van der Waals surface area contributed by atoms with E-state index in [1.165, 1.54) is 0 Å². The standard InChI is InChI=1S/C23H26N6O4/c1-16-22(29(31)32)17(2)28(26-16)15-18-3-6-20(7-4-18)23(30)25-14-19-5-8-21(24-13-19)27-9-11-33-12-10-27/h3-8,13H,9-12,14-15H2,1-2H3,(H,25,30). The molecule has 172 valence electrons. The average Bonchev–Trinajstić information content (AvgIpc) is 3.11. The Hall–Kier alpha value is -3.79. The van der Waals surface area contributed by atoms with Crippen molar-refractivity contribution >= 4 is 17.4 Å². The second kappa shape index (κ2) is 9.78. The lowest BCUT2D eigenvalue weighted by Crippen LogP contribution is -2.36. The molecule has 0 radical (unpaired) electrons. The molecule has 1 saturated heterocycles. The summed E-state index contributed by atoms with van der Waals surface area (Å²) >= 11 is 0. The van der Waals surface area contributed by atoms with E-state index in [9.17, 15) is 14.9 Å². The number of aromatic nitrogens is 3. The first kappa shape index (κ1) is 22.4. The quantitative estimate of drug-likeness (QED) is 0.434. The molecule has 1 aromatic carbocycles. The van der Waals surface area contributed by atoms with Gasteiger partial charge in [-0.2, -0.15) is 5.10 Å². The molecule has 1 aliphatic rings. The lowest BCUT2D eigenvalue weighted by molar-refractivity contribution is -0.386. The number of nitrogens with zero attached hydrogens (tertiary/aromatic N) is 5. The monoisotopic (exact) mass is 450 g/mol. The van der Waals surface area contributed by atoms with Crippen LogP contribution in [0.1, 0.15) is 32.9 Å². The van der Waals surface area contributed by atoms with Gasteiger partial charge < -0.3 is 15.0 Å². The summed E-state index contributed by atoms with van der Waals surface area (Å²) in [5, 5.41) is 18.4. The second-order valence-corrected chi connectivity index (χ2v) is 7.94. The number of hydrogen-bond acceptors (Lipinski definition) is 7. The Labute approximate surface area is 191 Å². The van der Waals surface area contributed by atoms with Crippen molar-refractivity contribution in [3.05, 3.63) is 80.8 Å². The molecule has 1 N–H and O–H groups in total. The van der Waals surface area contributed by atoms with E-state index in [2.05, 4.69) is 20.3 Å². The van der Waals surface area contributed by atoms with Crippen molar-refractivity contribution < 1.29 is 14.5 Å². The van der Waals surface area contributed by atoms with Crippen molar-refractivity contribution in [2.75, 3.05) is 31.2 Å². The number of nitro groups is 1. The van der Waals surface area contributed by atoms with Gasteiger partial charge in [0.05, 0.1) is 24.7 Å². The van der Waals surface area contributed by atoms with E-state index in [1.54, 1.807) is 36.9 Å². The lowest BCUT2D eigenvalue weighted by atomic mass is 10.1. The zero-order chi connectivity index (χ0) is 23.4. The molecular weight excluding hydrogens is 424 g/mol. The van der Waals surface area contributed by atoms with Crippen LogP contribution in [0.25, 0.3) is 0 Å². The molecule has 33 heavy (non-hydrogen) atoms. The number of hydrogen-bond donors (Lipinski definition) is 1. The Balaban J connectivity index is 1.33. The van der Waals surface area contributed by atoms with Gasteiger partial charge in [0.1, 0.15) is 17.2 Å². The number of benzene rings is 1. The minimum Gasteiger partial charge on any atom is -0.378 e. The second-order valence-electron chi connectivity index (χ2n) is 7.94. The van der Waals surface area contributed by atoms with Crippen LogP contribution in [-0.4, -0.2) is 51.9 Å². The first-order valence-corrected chi connectivity index (χ1v) is 10.8. The van der Waals surface area contributed by atoms with Gasteiger partial charge in [0, 0.05) is 31.4 Å². The highest BCUT2D eigenvalue weighted by Gasteiger charge is 2.21. The fourth-order valence-corrected chi connectivity index (χ4v) is 3.83. The molecule has 0 aliphatic carbocycles. The molecule has 0 spiro atoms. The van der Waals surface area contributed by atoms with Gasteiger partial charge in [-0.05, 0) is 43.2 Å². The maximum atomic E-state index is 12.5. The van der Waals surface area contributed by atoms with Crippen molar-refractivity contribution in [2.24, 2.45) is 0 Å². The highest BCUT2D eigenvalue weighted by atomic mass is 16.6. The van der Waals surface area contributed by atoms with Gasteiger partial charge in [-0.15, -0.1) is 0 Å². The van der Waals surface area contributed by atoms with Gasteiger partial charge in [0.2, 0.25) is 0 Å². The third kappa shape index (κ3) is 5.17. The normalized spacial score (nSPS) is 13.7. The Morgan fingerprint density at radius 3 is 2.42 bits per heavy atom. The maximum Gasteiger partial charge on any atom is 0.312 e. The van der Waals surface area contributed by atoms with E-state index in [0.29, 0.717) is 43.3 Å². The van der Waals surface area contributed by atoms with E-state index in [0.717, 1.165) is 30.0 Å². The molecule has 4 rings (SSSR count). The van der Waals surface area contributed by atoms with Crippen LogP contribution in [0.2, 0.25) is 0 Å². The molecule has 3 aromatic rings. The molecule has 1 aliphatic heterocycles. The molecule has 2 aromatic heterocycles. The number of carbonyl (C=O) groups excluding carboxylic acids is 1. The molecule has 0 bridgehead atoms. The van der Waals surface area contributed by atoms with Crippen molar-refractivity contribution in [1.82, 2.24) is 20.1 Å². The van der Waals surface area contributed by atoms with Crippen LogP contribution in [0.15, 0.2) is 42.6 Å². The number of aryl methyl sites for hydroxylation is 1. The third-order valence-corrected chi connectivity index (χ3v) is 5.67. The van der Waals surface area contributed by atoms with Gasteiger partial charge in [0.15, 0.2) is 0 Å². The average molecular weight is 450 g/mol. The zero-order valence-corrected chi connectivity index (χ0v) is 18.7. The first-order chi connectivity index (χ1) is 15.9. The summed E-state index contributed by atoms with van der Waals surface area (Å²) in [6.45, 7) is 7.16. The van der Waals surface area contributed by atoms with Crippen molar-refractivity contribution in [2.45, 2.75) is 26.9 Å². The van der Waals surface area contributed by atoms with Crippen LogP contribution >= 0.6 is 0 Å². The number of ether oxygens (including phenoxy) is 1. The number of pyridine rings is 1. The highest BCUT2D eigenvalue weighted by Crippen LogP contribution is 2.22. The van der Waals surface area contributed by atoms with Crippen LogP contribution in [0.3, 0.4) is 0 Å². The van der Waals surface area contributed by atoms with Crippen molar-refractivity contribution in [3.8, 4) is 0 Å². The zero-order valence-electron chi connectivity index (χ0n) is 18.7. The summed E-state index contributed by atoms with van der Waals surface area (Å²) in [5.41, 5.74) is 3.29. The molecule has 1 fully saturated rings. The van der Waals surface area contributed by atoms with E-state index in [1.807, 2.05) is 24.3 Å². The summed E-state index contributed by atoms with van der Waals surface area (Å²) < 4.78 is 6.97. The molecule has 0 saturated carbocycles. The summed E-state index contributed by atoms with van der Waals surface area (Å²) in [7, 11) is 0. The number of rotatable bonds is 7. The summed E-state index contributed by atoms with van der Waals surface area (Å²) in [6.07, 6.45) is 1.78. The van der Waals surface area contributed by atoms with Gasteiger partial charge in [-0.3, -0.25) is 19.6 Å². The largest absolute Gasteiger partial charge is 0.378 e. The Morgan fingerprint density at radius 1 is 1.12 bits per heavy atom. The Kier molecular flexibility index (Phi) is 6.64. The summed E-state index contributed by atoms with van der Waals surface area (Å²) in [4.78, 5) is 30.0. The number of carbonyl (C=O) groups is 1. The summed E-state index contributed by atoms with van der Waals surface area (Å²) in [5.74, 6) is 0.734. The third-order valence-electron chi connectivity index (χ3n) is 5.67. The topological polar surface area (TPSA) is 115 Å². The van der Waals surface area contributed by atoms with Crippen molar-refractivity contribution in [1.29, 1.82) is 0 Å². The van der Waals surface area contributed by atoms with Crippen LogP contribution in [0.4, 0.5) is 11.5 Å². The van der Waals surface area contributed by atoms with Crippen molar-refractivity contribution in [3.63, 3.8) is 0 Å². The van der Waals surface area contributed by atoms with E-state index < -0.39 is 4.92 Å². The minimum atomic E-state index is -0.409. The number of anilines is 1. The van der Waals surface area contributed by atoms with E-state index in [4.69, 9.17) is 4.74 Å². The predicted molar refractivity (Wildman–Crippen MR) is 122 cm³/mol. The smallest absolute Gasteiger partial charge is 0.312 e. The Bertz CT molecular complexity index is 1140. The molecule has 10 nitrogen and oxygen atoms in total. The number of amides is 1. The van der Waals surface area contributed by atoms with E-state index in [-0.39, 0.29) is 11.6 Å². The SMILES string of the molecule is Cc1nn(Cc2ccc(C(=O)NCc3ccc(N4CCOCC4)nc3)cc2)c(C)c1[N+](=O)[O-]. The van der Waals surface area contributed by atoms with Crippen LogP contribution in [0.5, 0.6) is 0 Å². The van der Waals surface area contributed by atoms with Gasteiger partial charge in [-0.1, -0.05) is 18.2 Å². The van der Waals surface area contributed by atoms with Gasteiger partial charge >= 0.3 is 5.69 Å². The fourth-order valence-electron chi connectivity index (χ4n) is 3.83. The summed E-state index contributed by atoms with van der Waals surface area (Å²) in [6, 6.07) is 11.1. The Morgan fingerprint density at radius 2 is 1.82 bits per heavy atom. The molecule has 0 atom stereocenters. The highest BCUT2D eigenvalue weighted by molar-refractivity contribution is 5.94. The molecular formula is C23H26N6O4. The molecule has 0 unspecified atom stereocenters. The molecule has 1 amide bonds. The first-order valence-electron chi connectivity index (χ1n) is 10.8. The maximum absolute atomic E-state index is 12.5. The molecule has 10 heteroatoms. The number of nitrogens with one attached hydrogen (secondary N) is 1. The molecule has 3 heterocycles. The van der Waals surface area contributed by atoms with E-state index >= 15 is 0 Å².